The molecule has 4 nitrogen and oxygen atoms in total. The minimum atomic E-state index is -0.523. The summed E-state index contributed by atoms with van der Waals surface area (Å²) in [6.07, 6.45) is 0. The number of aryl methyl sites for hydroxylation is 2. The summed E-state index contributed by atoms with van der Waals surface area (Å²) in [7, 11) is 0. The van der Waals surface area contributed by atoms with Gasteiger partial charge in [0.05, 0.1) is 5.69 Å². The lowest BCUT2D eigenvalue weighted by molar-refractivity contribution is 0.595. The number of hydrogen-bond acceptors (Lipinski definition) is 4. The molecule has 0 spiro atoms. The smallest absolute Gasteiger partial charge is 0.224 e. The van der Waals surface area contributed by atoms with Crippen molar-refractivity contribution >= 4 is 17.5 Å². The molecule has 0 bridgehead atoms. The molecule has 0 atom stereocenters. The first-order valence-corrected chi connectivity index (χ1v) is 6.32. The van der Waals surface area contributed by atoms with Crippen LogP contribution in [0.1, 0.15) is 18.2 Å². The second-order valence-corrected chi connectivity index (χ2v) is 4.45. The van der Waals surface area contributed by atoms with Gasteiger partial charge in [-0.25, -0.2) is 13.8 Å². The molecule has 0 saturated carbocycles. The normalized spacial score (nSPS) is 10.4. The lowest BCUT2D eigenvalue weighted by Gasteiger charge is -2.10. The second kappa shape index (κ2) is 5.81. The first-order valence-electron chi connectivity index (χ1n) is 6.32. The summed E-state index contributed by atoms with van der Waals surface area (Å²) in [5, 5.41) is 5.75. The summed E-state index contributed by atoms with van der Waals surface area (Å²) in [6, 6.07) is 3.93. The lowest BCUT2D eigenvalue weighted by Crippen LogP contribution is -2.06. The molecule has 106 valence electrons. The second-order valence-electron chi connectivity index (χ2n) is 4.45. The highest BCUT2D eigenvalue weighted by molar-refractivity contribution is 5.59. The summed E-state index contributed by atoms with van der Waals surface area (Å²) in [6.45, 7) is 5.92. The summed E-state index contributed by atoms with van der Waals surface area (Å²) >= 11 is 0. The number of halogens is 2. The van der Waals surface area contributed by atoms with E-state index in [0.29, 0.717) is 18.3 Å². The van der Waals surface area contributed by atoms with Crippen molar-refractivity contribution in [2.45, 2.75) is 20.8 Å². The van der Waals surface area contributed by atoms with Crippen molar-refractivity contribution < 1.29 is 8.78 Å². The predicted octanol–water partition coefficient (Wildman–Crippen LogP) is 3.55. The average molecular weight is 278 g/mol. The summed E-state index contributed by atoms with van der Waals surface area (Å²) in [5.41, 5.74) is 1.04. The minimum Gasteiger partial charge on any atom is -0.354 e. The third kappa shape index (κ3) is 3.20. The molecule has 1 aromatic heterocycles. The van der Waals surface area contributed by atoms with Gasteiger partial charge in [0.15, 0.2) is 0 Å². The Hall–Kier alpha value is -2.24. The largest absolute Gasteiger partial charge is 0.354 e. The molecule has 0 unspecified atom stereocenters. The Bertz CT molecular complexity index is 629. The first-order chi connectivity index (χ1) is 9.49. The van der Waals surface area contributed by atoms with Crippen molar-refractivity contribution in [3.8, 4) is 0 Å². The zero-order valence-corrected chi connectivity index (χ0v) is 11.6. The Morgan fingerprint density at radius 2 is 1.80 bits per heavy atom. The van der Waals surface area contributed by atoms with Gasteiger partial charge in [-0.3, -0.25) is 0 Å². The fourth-order valence-electron chi connectivity index (χ4n) is 1.75. The molecule has 0 radical (unpaired) electrons. The zero-order valence-electron chi connectivity index (χ0n) is 11.6. The molecule has 1 aromatic carbocycles. The molecular formula is C14H16F2N4. The first kappa shape index (κ1) is 14.2. The summed E-state index contributed by atoms with van der Waals surface area (Å²) in [5.74, 6) is -0.129. The van der Waals surface area contributed by atoms with Gasteiger partial charge in [0.1, 0.15) is 17.5 Å². The van der Waals surface area contributed by atoms with Crippen LogP contribution < -0.4 is 10.6 Å². The van der Waals surface area contributed by atoms with Crippen molar-refractivity contribution in [1.82, 2.24) is 9.97 Å². The van der Waals surface area contributed by atoms with Gasteiger partial charge in [-0.1, -0.05) is 0 Å². The number of nitrogens with one attached hydrogen (secondary N) is 2. The van der Waals surface area contributed by atoms with E-state index in [9.17, 15) is 8.78 Å². The molecule has 1 heterocycles. The maximum atomic E-state index is 13.8. The van der Waals surface area contributed by atoms with Crippen molar-refractivity contribution in [2.75, 3.05) is 17.2 Å². The Balaban J connectivity index is 2.32. The maximum Gasteiger partial charge on any atom is 0.224 e. The highest BCUT2D eigenvalue weighted by atomic mass is 19.1. The number of rotatable bonds is 4. The molecule has 0 aliphatic carbocycles. The molecule has 2 aromatic rings. The van der Waals surface area contributed by atoms with Gasteiger partial charge in [0, 0.05) is 24.4 Å². The molecule has 20 heavy (non-hydrogen) atoms. The number of hydrogen-bond donors (Lipinski definition) is 2. The van der Waals surface area contributed by atoms with E-state index in [2.05, 4.69) is 20.6 Å². The molecule has 0 fully saturated rings. The summed E-state index contributed by atoms with van der Waals surface area (Å²) < 4.78 is 27.3. The SMILES string of the molecule is CCNc1nc(C)cc(Nc2cc(F)c(C)cc2F)n1. The van der Waals surface area contributed by atoms with E-state index in [0.717, 1.165) is 17.8 Å². The number of anilines is 3. The zero-order chi connectivity index (χ0) is 14.7. The fourth-order valence-corrected chi connectivity index (χ4v) is 1.75. The highest BCUT2D eigenvalue weighted by Crippen LogP contribution is 2.22. The molecular weight excluding hydrogens is 262 g/mol. The average Bonchev–Trinajstić information content (AvgIpc) is 2.35. The summed E-state index contributed by atoms with van der Waals surface area (Å²) in [4.78, 5) is 8.38. The molecule has 6 heteroatoms. The van der Waals surface area contributed by atoms with E-state index in [1.807, 2.05) is 6.92 Å². The monoisotopic (exact) mass is 278 g/mol. The van der Waals surface area contributed by atoms with E-state index in [-0.39, 0.29) is 11.3 Å². The van der Waals surface area contributed by atoms with E-state index < -0.39 is 11.6 Å². The third-order valence-corrected chi connectivity index (χ3v) is 2.70. The van der Waals surface area contributed by atoms with Crippen molar-refractivity contribution in [3.05, 3.63) is 41.1 Å². The number of aromatic nitrogens is 2. The Morgan fingerprint density at radius 1 is 1.05 bits per heavy atom. The molecule has 2 N–H and O–H groups in total. The van der Waals surface area contributed by atoms with Gasteiger partial charge in [0.2, 0.25) is 5.95 Å². The van der Waals surface area contributed by atoms with Gasteiger partial charge in [-0.05, 0) is 32.4 Å². The van der Waals surface area contributed by atoms with Crippen LogP contribution in [0.2, 0.25) is 0 Å². The lowest BCUT2D eigenvalue weighted by atomic mass is 10.2. The van der Waals surface area contributed by atoms with Crippen LogP contribution in [0.3, 0.4) is 0 Å². The molecule has 2 rings (SSSR count). The van der Waals surface area contributed by atoms with Gasteiger partial charge in [-0.2, -0.15) is 4.98 Å². The molecule has 0 aliphatic rings. The van der Waals surface area contributed by atoms with Crippen LogP contribution in [0.5, 0.6) is 0 Å². The van der Waals surface area contributed by atoms with Crippen molar-refractivity contribution in [1.29, 1.82) is 0 Å². The van der Waals surface area contributed by atoms with E-state index in [1.165, 1.54) is 6.92 Å². The van der Waals surface area contributed by atoms with E-state index in [4.69, 9.17) is 0 Å². The van der Waals surface area contributed by atoms with Crippen LogP contribution in [-0.4, -0.2) is 16.5 Å². The predicted molar refractivity (Wildman–Crippen MR) is 75.3 cm³/mol. The van der Waals surface area contributed by atoms with Gasteiger partial charge < -0.3 is 10.6 Å². The highest BCUT2D eigenvalue weighted by Gasteiger charge is 2.09. The van der Waals surface area contributed by atoms with Crippen molar-refractivity contribution in [3.63, 3.8) is 0 Å². The van der Waals surface area contributed by atoms with Gasteiger partial charge >= 0.3 is 0 Å². The standard InChI is InChI=1S/C14H16F2N4/c1-4-17-14-18-9(3)6-13(20-14)19-12-7-10(15)8(2)5-11(12)16/h5-7H,4H2,1-3H3,(H2,17,18,19,20). The van der Waals surface area contributed by atoms with Crippen molar-refractivity contribution in [2.24, 2.45) is 0 Å². The van der Waals surface area contributed by atoms with E-state index >= 15 is 0 Å². The van der Waals surface area contributed by atoms with Crippen LogP contribution in [-0.2, 0) is 0 Å². The molecule has 0 amide bonds. The topological polar surface area (TPSA) is 49.8 Å². The quantitative estimate of drug-likeness (QED) is 0.898. The number of benzene rings is 1. The minimum absolute atomic E-state index is 0.0497. The van der Waals surface area contributed by atoms with Gasteiger partial charge in [0.25, 0.3) is 0 Å². The number of nitrogens with zero attached hydrogens (tertiary/aromatic N) is 2. The van der Waals surface area contributed by atoms with Crippen LogP contribution in [0, 0.1) is 25.5 Å². The van der Waals surface area contributed by atoms with Crippen LogP contribution in [0.25, 0.3) is 0 Å². The van der Waals surface area contributed by atoms with Gasteiger partial charge in [-0.15, -0.1) is 0 Å². The third-order valence-electron chi connectivity index (χ3n) is 2.70. The van der Waals surface area contributed by atoms with Crippen LogP contribution >= 0.6 is 0 Å². The van der Waals surface area contributed by atoms with E-state index in [1.54, 1.807) is 13.0 Å². The fraction of sp³-hybridized carbons (Fsp3) is 0.286. The Kier molecular flexibility index (Phi) is 4.12. The Morgan fingerprint density at radius 3 is 2.50 bits per heavy atom. The maximum absolute atomic E-state index is 13.8. The van der Waals surface area contributed by atoms with Crippen LogP contribution in [0.4, 0.5) is 26.2 Å². The van der Waals surface area contributed by atoms with Crippen LogP contribution in [0.15, 0.2) is 18.2 Å². The molecule has 0 saturated heterocycles. The molecule has 0 aliphatic heterocycles. The Labute approximate surface area is 116 Å².